The Morgan fingerprint density at radius 1 is 1.14 bits per heavy atom. The quantitative estimate of drug-likeness (QED) is 0.342. The van der Waals surface area contributed by atoms with Crippen molar-refractivity contribution in [3.8, 4) is 11.5 Å². The van der Waals surface area contributed by atoms with Crippen LogP contribution in [0.5, 0.6) is 11.5 Å². The molecule has 0 spiro atoms. The molecule has 5 atom stereocenters. The first-order chi connectivity index (χ1) is 17.1. The highest BCUT2D eigenvalue weighted by Gasteiger charge is 2.55. The van der Waals surface area contributed by atoms with Gasteiger partial charge in [0.1, 0.15) is 6.61 Å². The number of aliphatic hydroxyl groups is 1. The molecule has 0 aliphatic heterocycles. The summed E-state index contributed by atoms with van der Waals surface area (Å²) in [5, 5.41) is 25.7. The molecule has 5 rings (SSSR count). The molecule has 0 bridgehead atoms. The van der Waals surface area contributed by atoms with E-state index in [0.29, 0.717) is 29.6 Å². The Hall–Kier alpha value is -2.39. The second kappa shape index (κ2) is 9.49. The average Bonchev–Trinajstić information content (AvgIpc) is 3.13. The highest BCUT2D eigenvalue weighted by Crippen LogP contribution is 2.61. The zero-order chi connectivity index (χ0) is 25.7. The normalized spacial score (nSPS) is 30.4. The van der Waals surface area contributed by atoms with Gasteiger partial charge in [-0.2, -0.15) is 13.2 Å². The number of fused-ring (bicyclic) bond motifs is 5. The van der Waals surface area contributed by atoms with E-state index in [-0.39, 0.29) is 46.5 Å². The molecule has 2 aromatic carbocycles. The summed E-state index contributed by atoms with van der Waals surface area (Å²) in [5.74, 6) is 1.41. The number of thioether (sulfide) groups is 1. The topological polar surface area (TPSA) is 71.3 Å². The summed E-state index contributed by atoms with van der Waals surface area (Å²) < 4.78 is 43.1. The molecule has 0 heterocycles. The Morgan fingerprint density at radius 3 is 2.58 bits per heavy atom. The fourth-order valence-corrected chi connectivity index (χ4v) is 7.17. The number of hydrogen-bond acceptors (Lipinski definition) is 6. The van der Waals surface area contributed by atoms with Crippen LogP contribution in [-0.4, -0.2) is 34.6 Å². The average molecular weight is 522 g/mol. The molecule has 0 amide bonds. The van der Waals surface area contributed by atoms with Crippen molar-refractivity contribution in [3.63, 3.8) is 0 Å². The molecule has 0 unspecified atom stereocenters. The number of phenolic OH excluding ortho intramolecular Hbond substituents is 1. The number of rotatable bonds is 5. The van der Waals surface area contributed by atoms with Crippen LogP contribution in [0.15, 0.2) is 46.4 Å². The first-order valence-electron chi connectivity index (χ1n) is 12.2. The van der Waals surface area contributed by atoms with Crippen molar-refractivity contribution < 1.29 is 33.0 Å². The van der Waals surface area contributed by atoms with E-state index in [1.165, 1.54) is 19.2 Å². The van der Waals surface area contributed by atoms with E-state index in [9.17, 15) is 23.4 Å². The van der Waals surface area contributed by atoms with Crippen molar-refractivity contribution in [3.05, 3.63) is 53.1 Å². The molecular formula is C27H30F3NO4S. The van der Waals surface area contributed by atoms with E-state index in [4.69, 9.17) is 9.57 Å². The summed E-state index contributed by atoms with van der Waals surface area (Å²) in [6.07, 6.45) is 4.06. The number of aromatic hydroxyl groups is 1. The zero-order valence-electron chi connectivity index (χ0n) is 20.2. The van der Waals surface area contributed by atoms with Crippen molar-refractivity contribution in [2.45, 2.75) is 68.1 Å². The molecule has 2 N–H and O–H groups in total. The van der Waals surface area contributed by atoms with Gasteiger partial charge in [0, 0.05) is 10.5 Å². The predicted molar refractivity (Wildman–Crippen MR) is 131 cm³/mol. The fourth-order valence-electron chi connectivity index (χ4n) is 6.63. The Labute approximate surface area is 212 Å². The first-order valence-corrected chi connectivity index (χ1v) is 13.0. The van der Waals surface area contributed by atoms with E-state index < -0.39 is 5.51 Å². The smallest absolute Gasteiger partial charge is 0.446 e. The first kappa shape index (κ1) is 25.3. The molecule has 3 aliphatic carbocycles. The Balaban J connectivity index is 1.40. The molecule has 0 saturated heterocycles. The largest absolute Gasteiger partial charge is 0.504 e. The van der Waals surface area contributed by atoms with Gasteiger partial charge < -0.3 is 19.8 Å². The third-order valence-electron chi connectivity index (χ3n) is 8.44. The number of ether oxygens (including phenoxy) is 1. The van der Waals surface area contributed by atoms with Gasteiger partial charge in [0.25, 0.3) is 0 Å². The van der Waals surface area contributed by atoms with Crippen molar-refractivity contribution in [1.29, 1.82) is 0 Å². The van der Waals surface area contributed by atoms with Crippen LogP contribution >= 0.6 is 11.8 Å². The van der Waals surface area contributed by atoms with Crippen molar-refractivity contribution in [2.24, 2.45) is 22.4 Å². The number of halogens is 3. The summed E-state index contributed by atoms with van der Waals surface area (Å²) in [6.45, 7) is 2.32. The predicted octanol–water partition coefficient (Wildman–Crippen LogP) is 6.61. The van der Waals surface area contributed by atoms with Crippen molar-refractivity contribution in [1.82, 2.24) is 0 Å². The van der Waals surface area contributed by atoms with Crippen molar-refractivity contribution >= 4 is 17.5 Å². The molecule has 36 heavy (non-hydrogen) atoms. The highest BCUT2D eigenvalue weighted by atomic mass is 32.2. The Bertz CT molecular complexity index is 1150. The molecule has 5 nitrogen and oxygen atoms in total. The van der Waals surface area contributed by atoms with Gasteiger partial charge >= 0.3 is 5.51 Å². The zero-order valence-corrected chi connectivity index (χ0v) is 21.0. The van der Waals surface area contributed by atoms with Gasteiger partial charge in [-0.05, 0) is 102 Å². The van der Waals surface area contributed by atoms with E-state index in [0.717, 1.165) is 42.5 Å². The van der Waals surface area contributed by atoms with Crippen LogP contribution in [-0.2, 0) is 11.4 Å². The minimum Gasteiger partial charge on any atom is -0.504 e. The lowest BCUT2D eigenvalue weighted by molar-refractivity contribution is -0.0328. The summed E-state index contributed by atoms with van der Waals surface area (Å²) in [6, 6.07) is 9.63. The summed E-state index contributed by atoms with van der Waals surface area (Å²) in [5.41, 5.74) is -1.06. The number of oxime groups is 1. The minimum atomic E-state index is -4.32. The third kappa shape index (κ3) is 4.67. The number of alkyl halides is 3. The lowest BCUT2D eigenvalue weighted by Crippen LogP contribution is -2.45. The van der Waals surface area contributed by atoms with Gasteiger partial charge in [0.05, 0.1) is 18.9 Å². The Kier molecular flexibility index (Phi) is 6.66. The van der Waals surface area contributed by atoms with Gasteiger partial charge in [-0.15, -0.1) is 0 Å². The van der Waals surface area contributed by atoms with Crippen LogP contribution in [0.1, 0.15) is 61.6 Å². The molecule has 0 radical (unpaired) electrons. The highest BCUT2D eigenvalue weighted by molar-refractivity contribution is 8.00. The van der Waals surface area contributed by atoms with Crippen LogP contribution in [0.4, 0.5) is 13.2 Å². The summed E-state index contributed by atoms with van der Waals surface area (Å²) >= 11 is -0.150. The van der Waals surface area contributed by atoms with Crippen LogP contribution in [0.25, 0.3) is 0 Å². The van der Waals surface area contributed by atoms with E-state index >= 15 is 0 Å². The van der Waals surface area contributed by atoms with Gasteiger partial charge in [0.15, 0.2) is 11.5 Å². The number of nitrogens with zero attached hydrogens (tertiary/aromatic N) is 1. The standard InChI is InChI=1S/C27H30F3NO4S/c1-26-10-9-17-18-13-24(34-2)23(32)12-20(18)22(11-19(17)21(26)7-8-25(26)33)31-35-14-15-3-5-16(6-4-15)36-27(28,29)30/h3-6,12-13,17,19,21,25,32-33H,7-11,14H2,1-2H3/t17-,19-,21+,25+,26+/m1/s1. The SMILES string of the molecule is COc1cc2c(cc1O)C(=NOCc1ccc(SC(F)(F)F)cc1)C[C@@H]1[C@@H]2CC[C@]2(C)[C@@H](O)CC[C@@H]12. The van der Waals surface area contributed by atoms with Crippen LogP contribution in [0.2, 0.25) is 0 Å². The Morgan fingerprint density at radius 2 is 1.89 bits per heavy atom. The second-order valence-corrected chi connectivity index (χ2v) is 11.5. The number of benzene rings is 2. The monoisotopic (exact) mass is 521 g/mol. The van der Waals surface area contributed by atoms with Gasteiger partial charge in [0.2, 0.25) is 0 Å². The van der Waals surface area contributed by atoms with Gasteiger partial charge in [-0.25, -0.2) is 0 Å². The van der Waals surface area contributed by atoms with Crippen molar-refractivity contribution in [2.75, 3.05) is 7.11 Å². The van der Waals surface area contributed by atoms with E-state index in [1.807, 2.05) is 6.07 Å². The molecule has 2 fully saturated rings. The minimum absolute atomic E-state index is 0.0390. The molecule has 9 heteroatoms. The maximum absolute atomic E-state index is 12.6. The number of phenols is 1. The molecule has 2 aromatic rings. The molecule has 2 saturated carbocycles. The van der Waals surface area contributed by atoms with E-state index in [2.05, 4.69) is 12.1 Å². The number of aliphatic hydroxyl groups excluding tert-OH is 1. The second-order valence-electron chi connectivity index (χ2n) is 10.3. The molecule has 3 aliphatic rings. The van der Waals surface area contributed by atoms with Gasteiger partial charge in [-0.3, -0.25) is 0 Å². The summed E-state index contributed by atoms with van der Waals surface area (Å²) in [4.78, 5) is 5.81. The van der Waals surface area contributed by atoms with E-state index in [1.54, 1.807) is 18.2 Å². The van der Waals surface area contributed by atoms with Crippen LogP contribution < -0.4 is 4.74 Å². The van der Waals surface area contributed by atoms with Crippen LogP contribution in [0.3, 0.4) is 0 Å². The fraction of sp³-hybridized carbons (Fsp3) is 0.519. The maximum Gasteiger partial charge on any atom is 0.446 e. The summed E-state index contributed by atoms with van der Waals surface area (Å²) in [7, 11) is 1.53. The number of methoxy groups -OCH3 is 1. The third-order valence-corrected chi connectivity index (χ3v) is 9.18. The molecule has 194 valence electrons. The molecular weight excluding hydrogens is 491 g/mol. The van der Waals surface area contributed by atoms with Gasteiger partial charge in [-0.1, -0.05) is 24.2 Å². The number of hydrogen-bond donors (Lipinski definition) is 2. The molecule has 0 aromatic heterocycles. The maximum atomic E-state index is 12.6. The lowest BCUT2D eigenvalue weighted by Gasteiger charge is -2.50. The lowest BCUT2D eigenvalue weighted by atomic mass is 9.55. The van der Waals surface area contributed by atoms with Crippen LogP contribution in [0, 0.1) is 17.3 Å².